The molecule has 0 bridgehead atoms. The quantitative estimate of drug-likeness (QED) is 0.0529. The van der Waals surface area contributed by atoms with Crippen molar-refractivity contribution < 1.29 is 95.2 Å². The van der Waals surface area contributed by atoms with Gasteiger partial charge in [-0.1, -0.05) is 7.43 Å². The van der Waals surface area contributed by atoms with Crippen LogP contribution in [0.4, 0.5) is 64.3 Å². The maximum Gasteiger partial charge on any atom is 0.573 e. The molecule has 41 heteroatoms. The molecule has 510 valence electrons. The molecule has 0 atom stereocenters. The van der Waals surface area contributed by atoms with Crippen molar-refractivity contribution in [1.82, 2.24) is 64.3 Å². The number of carbonyl (C=O) groups is 2. The summed E-state index contributed by atoms with van der Waals surface area (Å²) in [7, 11) is 3.10. The van der Waals surface area contributed by atoms with Crippen LogP contribution in [-0.2, 0) is 27.2 Å². The van der Waals surface area contributed by atoms with Gasteiger partial charge in [-0.05, 0) is 76.6 Å². The first kappa shape index (κ1) is 75.6. The van der Waals surface area contributed by atoms with Crippen LogP contribution in [0.25, 0.3) is 45.7 Å². The number of amides is 1. The van der Waals surface area contributed by atoms with E-state index in [1.807, 2.05) is 0 Å². The zero-order chi connectivity index (χ0) is 70.7. The summed E-state index contributed by atoms with van der Waals surface area (Å²) in [4.78, 5) is 86.5. The van der Waals surface area contributed by atoms with E-state index in [1.54, 1.807) is 7.05 Å². The zero-order valence-electron chi connectivity index (χ0n) is 48.1. The molecule has 0 saturated carbocycles. The number of hydrogen-bond donors (Lipinski definition) is 5. The maximum absolute atomic E-state index is 12.9. The number of anilines is 2. The predicted octanol–water partition coefficient (Wildman–Crippen LogP) is 9.75. The van der Waals surface area contributed by atoms with Gasteiger partial charge in [0.05, 0.1) is 24.6 Å². The highest BCUT2D eigenvalue weighted by Crippen LogP contribution is 2.33. The number of nitrogens with zero attached hydrogens (tertiary/aromatic N) is 13. The minimum atomic E-state index is -4.93. The number of aromatic carboxylic acids is 1. The lowest BCUT2D eigenvalue weighted by Crippen LogP contribution is -2.27. The van der Waals surface area contributed by atoms with Gasteiger partial charge in [0.25, 0.3) is 5.91 Å². The number of oxazole rings is 2. The molecule has 0 aromatic carbocycles. The average molecular weight is 1440 g/mol. The van der Waals surface area contributed by atoms with E-state index in [0.717, 1.165) is 12.1 Å². The van der Waals surface area contributed by atoms with Crippen LogP contribution in [0.15, 0.2) is 158 Å². The Kier molecular flexibility index (Phi) is 25.8. The molecule has 28 nitrogen and oxygen atoms in total. The lowest BCUT2D eigenvalue weighted by Gasteiger charge is -2.14. The molecule has 0 saturated heterocycles. The molecule has 0 aliphatic rings. The Labute approximate surface area is 543 Å². The maximum atomic E-state index is 12.9. The van der Waals surface area contributed by atoms with Crippen molar-refractivity contribution in [3.63, 3.8) is 0 Å². The third-order valence-electron chi connectivity index (χ3n) is 11.1. The summed E-state index contributed by atoms with van der Waals surface area (Å²) in [5, 5.41) is 19.9. The fourth-order valence-electron chi connectivity index (χ4n) is 7.14. The summed E-state index contributed by atoms with van der Waals surface area (Å²) < 4.78 is 171. The third-order valence-corrected chi connectivity index (χ3v) is 11.7. The van der Waals surface area contributed by atoms with Crippen LogP contribution in [0, 0.1) is 11.3 Å². The van der Waals surface area contributed by atoms with Gasteiger partial charge in [-0.15, -0.1) is 52.7 Å². The van der Waals surface area contributed by atoms with Crippen LogP contribution in [0.2, 0.25) is 0 Å². The summed E-state index contributed by atoms with van der Waals surface area (Å²) in [6.07, 6.45) is -5.48. The van der Waals surface area contributed by atoms with Gasteiger partial charge in [-0.25, -0.2) is 44.7 Å². The van der Waals surface area contributed by atoms with Crippen molar-refractivity contribution in [2.24, 2.45) is 19.8 Å². The van der Waals surface area contributed by atoms with Crippen molar-refractivity contribution >= 4 is 39.4 Å². The van der Waals surface area contributed by atoms with Crippen molar-refractivity contribution in [2.45, 2.75) is 46.0 Å². The Morgan fingerprint density at radius 1 is 0.567 bits per heavy atom. The molecule has 0 aliphatic carbocycles. The Hall–Kier alpha value is -12.1. The number of nitriles is 1. The lowest BCUT2D eigenvalue weighted by molar-refractivity contribution is -0.276. The first-order valence-electron chi connectivity index (χ1n) is 25.7. The van der Waals surface area contributed by atoms with E-state index in [2.05, 4.69) is 90.0 Å². The van der Waals surface area contributed by atoms with E-state index < -0.39 is 55.4 Å². The average Bonchev–Trinajstić information content (AvgIpc) is 1.66. The molecular formula is C56H44BrF12N17O11. The molecule has 10 rings (SSSR count). The summed E-state index contributed by atoms with van der Waals surface area (Å²) in [5.41, 5.74) is 16.7. The highest BCUT2D eigenvalue weighted by molar-refractivity contribution is 9.10. The number of alkyl halides is 12. The minimum absolute atomic E-state index is 0. The zero-order valence-corrected chi connectivity index (χ0v) is 49.7. The molecule has 0 aliphatic heterocycles. The molecule has 0 unspecified atom stereocenters. The van der Waals surface area contributed by atoms with Crippen LogP contribution in [0.3, 0.4) is 0 Å². The number of ether oxygens (including phenoxy) is 4. The van der Waals surface area contributed by atoms with E-state index in [4.69, 9.17) is 31.3 Å². The van der Waals surface area contributed by atoms with Gasteiger partial charge in [0, 0.05) is 81.1 Å². The Balaban J connectivity index is 0.000000236. The Morgan fingerprint density at radius 3 is 1.39 bits per heavy atom. The normalized spacial score (nSPS) is 11.0. The van der Waals surface area contributed by atoms with E-state index >= 15 is 0 Å². The number of nitrogens with one attached hydrogen (secondary N) is 1. The van der Waals surface area contributed by atoms with E-state index in [9.17, 15) is 77.0 Å². The SMILES string of the molecule is C.Cn1cc(-c2nc(C(=O)NCc3ncccc3OC(F)(F)F)c(N)nc2-c2ncco2)ccc1=O.Cn1cc(-c2nc(C(=O)O)c(N)nc2-c2ncco2)ccc1=O.FC(F)(F)Oc1cccnc1Br.N#Cc1ncccc1OC(F)(F)F.NCc1ncccc1OC(F)(F)F. The molecule has 97 heavy (non-hydrogen) atoms. The van der Waals surface area contributed by atoms with Gasteiger partial charge in [0.1, 0.15) is 40.3 Å². The van der Waals surface area contributed by atoms with Gasteiger partial charge in [-0.2, -0.15) is 5.26 Å². The van der Waals surface area contributed by atoms with E-state index in [-0.39, 0.29) is 116 Å². The molecule has 0 fully saturated rings. The number of halogens is 13. The number of nitrogens with two attached hydrogens (primary N) is 3. The number of carbonyl (C=O) groups excluding carboxylic acids is 1. The van der Waals surface area contributed by atoms with Crippen molar-refractivity contribution in [2.75, 3.05) is 11.5 Å². The van der Waals surface area contributed by atoms with Gasteiger partial charge in [0.15, 0.2) is 63.1 Å². The largest absolute Gasteiger partial charge is 0.573 e. The minimum Gasteiger partial charge on any atom is -0.476 e. The molecule has 0 spiro atoms. The fraction of sp³-hybridized carbons (Fsp3) is 0.161. The van der Waals surface area contributed by atoms with Crippen LogP contribution >= 0.6 is 15.9 Å². The first-order valence-corrected chi connectivity index (χ1v) is 26.5. The number of pyridine rings is 6. The summed E-state index contributed by atoms with van der Waals surface area (Å²) >= 11 is 2.81. The summed E-state index contributed by atoms with van der Waals surface area (Å²) in [6, 6.07) is 16.8. The van der Waals surface area contributed by atoms with Crippen LogP contribution < -0.4 is 52.6 Å². The van der Waals surface area contributed by atoms with Gasteiger partial charge in [0.2, 0.25) is 22.9 Å². The van der Waals surface area contributed by atoms with Gasteiger partial charge in [-0.3, -0.25) is 24.4 Å². The first-order chi connectivity index (χ1) is 45.1. The molecule has 1 amide bonds. The van der Waals surface area contributed by atoms with Crippen LogP contribution in [-0.4, -0.2) is 101 Å². The Morgan fingerprint density at radius 2 is 0.969 bits per heavy atom. The van der Waals surface area contributed by atoms with E-state index in [0.29, 0.717) is 11.1 Å². The fourth-order valence-corrected chi connectivity index (χ4v) is 7.47. The van der Waals surface area contributed by atoms with Crippen molar-refractivity contribution in [1.29, 1.82) is 5.26 Å². The highest BCUT2D eigenvalue weighted by Gasteiger charge is 2.35. The summed E-state index contributed by atoms with van der Waals surface area (Å²) in [6.45, 7) is -0.505. The third kappa shape index (κ3) is 22.9. The molecular weight excluding hydrogens is 1390 g/mol. The molecule has 10 aromatic heterocycles. The standard InChI is InChI=1S/C21H16F3N7O4.C14H11N5O4.C7H7F3N2O.C7H3F3N2O.C6H3BrF3NO.CH4/c1-31-10-11(4-5-14(31)32)15-16(20-27-7-8-34-20)30-18(25)17(29-15)19(33)28-9-12-13(3-2-6-26-12)35-21(22,23)24;1-19-6-7(2-3-8(19)20)9-10(13-16-4-5-23-13)18-12(15)11(17-9)14(21)22;2*8-7(9,10)13-6-2-1-3-12-5(6)4-11;7-5-4(2-1-3-11-5)12-6(8,9)10;/h2-8,10H,9H2,1H3,(H2,25,30)(H,28,33);2-6H,1H3,(H2,15,18)(H,21,22);1-3H,4,11H2;1-3H;1-3H;1H4. The van der Waals surface area contributed by atoms with Gasteiger partial charge < -0.3 is 64.5 Å². The molecule has 8 N–H and O–H groups in total. The monoisotopic (exact) mass is 1440 g/mol. The van der Waals surface area contributed by atoms with Crippen LogP contribution in [0.5, 0.6) is 23.0 Å². The second kappa shape index (κ2) is 33.1. The van der Waals surface area contributed by atoms with Crippen molar-refractivity contribution in [3.05, 3.63) is 189 Å². The number of carboxylic acid groups (broad SMARTS) is 1. The molecule has 0 radical (unpaired) electrons. The number of nitrogen functional groups attached to an aromatic ring is 2. The number of aryl methyl sites for hydroxylation is 2. The molecule has 10 heterocycles. The number of hydrogen-bond acceptors (Lipinski definition) is 24. The smallest absolute Gasteiger partial charge is 0.476 e. The van der Waals surface area contributed by atoms with Gasteiger partial charge >= 0.3 is 31.4 Å². The van der Waals surface area contributed by atoms with E-state index in [1.165, 1.54) is 145 Å². The Bertz CT molecular complexity index is 4480. The topological polar surface area (TPSA) is 404 Å². The molecule has 10 aromatic rings. The highest BCUT2D eigenvalue weighted by atomic mass is 79.9. The summed E-state index contributed by atoms with van der Waals surface area (Å²) in [5.74, 6) is -4.29. The second-order valence-electron chi connectivity index (χ2n) is 17.8. The number of carboxylic acids is 1. The second-order valence-corrected chi connectivity index (χ2v) is 18.5. The lowest BCUT2D eigenvalue weighted by atomic mass is 10.1. The predicted molar refractivity (Wildman–Crippen MR) is 314 cm³/mol. The number of rotatable bonds is 13. The van der Waals surface area contributed by atoms with Crippen molar-refractivity contribution in [3.8, 4) is 74.8 Å². The van der Waals surface area contributed by atoms with Crippen LogP contribution in [0.1, 0.15) is 45.5 Å². The number of aromatic nitrogens is 12.